The van der Waals surface area contributed by atoms with Gasteiger partial charge in [0.25, 0.3) is 0 Å². The first-order valence-electron chi connectivity index (χ1n) is 18.3. The average Bonchev–Trinajstić information content (AvgIpc) is 3.01. The maximum Gasteiger partial charge on any atom is 0.309 e. The van der Waals surface area contributed by atoms with Crippen molar-refractivity contribution in [2.45, 2.75) is 145 Å². The molecule has 2 aromatic rings. The Bertz CT molecular complexity index is 1380. The van der Waals surface area contributed by atoms with Crippen LogP contribution in [0.5, 0.6) is 0 Å². The van der Waals surface area contributed by atoms with Crippen LogP contribution in [0.2, 0.25) is 0 Å². The Morgan fingerprint density at radius 1 is 0.460 bits per heavy atom. The third kappa shape index (κ3) is 12.9. The number of hydrogen-bond acceptors (Lipinski definition) is 4. The normalized spacial score (nSPS) is 12.6. The predicted molar refractivity (Wildman–Crippen MR) is 199 cm³/mol. The Labute approximate surface area is 299 Å². The number of unbranched alkanes of at least 4 members (excludes halogenated alkanes) is 2. The Balaban J connectivity index is 2.52. The molecule has 8 nitrogen and oxygen atoms in total. The summed E-state index contributed by atoms with van der Waals surface area (Å²) in [6.07, 6.45) is 9.87. The van der Waals surface area contributed by atoms with E-state index < -0.39 is 45.5 Å². The number of carbonyl (C=O) groups is 4. The van der Waals surface area contributed by atoms with Crippen LogP contribution < -0.4 is 0 Å². The van der Waals surface area contributed by atoms with Gasteiger partial charge >= 0.3 is 23.9 Å². The van der Waals surface area contributed by atoms with Crippen molar-refractivity contribution >= 4 is 23.9 Å². The molecule has 0 saturated heterocycles. The quantitative estimate of drug-likeness (QED) is 0.0840. The number of aliphatic carboxylic acids is 4. The van der Waals surface area contributed by atoms with E-state index in [4.69, 9.17) is 0 Å². The first-order chi connectivity index (χ1) is 23.1. The fourth-order valence-corrected chi connectivity index (χ4v) is 6.30. The van der Waals surface area contributed by atoms with Crippen LogP contribution in [0.25, 0.3) is 11.1 Å². The van der Waals surface area contributed by atoms with Gasteiger partial charge in [0.2, 0.25) is 0 Å². The highest BCUT2D eigenvalue weighted by molar-refractivity contribution is 5.75. The summed E-state index contributed by atoms with van der Waals surface area (Å²) in [5.41, 5.74) is 3.56. The first kappa shape index (κ1) is 42.5. The summed E-state index contributed by atoms with van der Waals surface area (Å²) < 4.78 is 0. The minimum atomic E-state index is -0.836. The largest absolute Gasteiger partial charge is 0.481 e. The minimum absolute atomic E-state index is 0.531. The summed E-state index contributed by atoms with van der Waals surface area (Å²) in [4.78, 5) is 47.0. The molecule has 0 aliphatic heterocycles. The van der Waals surface area contributed by atoms with Gasteiger partial charge in [0, 0.05) is 0 Å². The third-order valence-corrected chi connectivity index (χ3v) is 10.4. The van der Waals surface area contributed by atoms with Crippen LogP contribution in [0.1, 0.15) is 142 Å². The SMILES string of the molecule is CC(C)(CCCCc1cc(CCCCC(C)(C)C(=O)O)cc(-c2c(CCCC(C)(C)C(=O)O)cccc2CCCC(C)(C)C(=O)O)c1)C(=O)O. The van der Waals surface area contributed by atoms with Gasteiger partial charge < -0.3 is 20.4 Å². The van der Waals surface area contributed by atoms with E-state index >= 15 is 0 Å². The molecule has 0 radical (unpaired) electrons. The van der Waals surface area contributed by atoms with E-state index in [1.54, 1.807) is 55.4 Å². The lowest BCUT2D eigenvalue weighted by Gasteiger charge is -2.22. The Morgan fingerprint density at radius 3 is 1.10 bits per heavy atom. The van der Waals surface area contributed by atoms with E-state index in [0.717, 1.165) is 71.9 Å². The highest BCUT2D eigenvalue weighted by atomic mass is 16.4. The van der Waals surface area contributed by atoms with Crippen LogP contribution in [0, 0.1) is 21.7 Å². The van der Waals surface area contributed by atoms with Gasteiger partial charge in [-0.1, -0.05) is 49.2 Å². The molecule has 2 aromatic carbocycles. The molecule has 0 fully saturated rings. The number of benzene rings is 2. The summed E-state index contributed by atoms with van der Waals surface area (Å²) >= 11 is 0. The second-order valence-corrected chi connectivity index (χ2v) is 16.9. The van der Waals surface area contributed by atoms with Gasteiger partial charge in [-0.05, 0) is 166 Å². The highest BCUT2D eigenvalue weighted by Gasteiger charge is 2.29. The standard InChI is InChI=1S/C42H62O8/c1-39(2,35(43)44)22-11-9-16-29-26-30(17-10-12-23-40(3,4)36(45)46)28-33(27-29)34-31(20-14-24-41(5,6)37(47)48)18-13-19-32(34)21-15-25-42(7,8)38(49)50/h13,18-19,26-28H,9-12,14-17,20-25H2,1-8H3,(H,43,44)(H,45,46)(H,47,48)(H,49,50). The van der Waals surface area contributed by atoms with Gasteiger partial charge in [0.15, 0.2) is 0 Å². The van der Waals surface area contributed by atoms with Crippen molar-refractivity contribution in [1.29, 1.82) is 0 Å². The zero-order valence-electron chi connectivity index (χ0n) is 31.8. The number of aryl methyl sites for hydroxylation is 4. The first-order valence-corrected chi connectivity index (χ1v) is 18.3. The fourth-order valence-electron chi connectivity index (χ4n) is 6.30. The molecule has 0 aliphatic rings. The molecular weight excluding hydrogens is 632 g/mol. The number of rotatable bonds is 23. The van der Waals surface area contributed by atoms with Crippen molar-refractivity contribution in [2.75, 3.05) is 0 Å². The van der Waals surface area contributed by atoms with Crippen molar-refractivity contribution in [3.63, 3.8) is 0 Å². The predicted octanol–water partition coefficient (Wildman–Crippen LogP) is 9.87. The van der Waals surface area contributed by atoms with Crippen molar-refractivity contribution in [3.05, 3.63) is 58.7 Å². The molecule has 0 saturated carbocycles. The lowest BCUT2D eigenvalue weighted by atomic mass is 9.82. The van der Waals surface area contributed by atoms with Gasteiger partial charge in [0.05, 0.1) is 21.7 Å². The average molecular weight is 695 g/mol. The van der Waals surface area contributed by atoms with E-state index in [9.17, 15) is 39.6 Å². The van der Waals surface area contributed by atoms with Crippen molar-refractivity contribution in [3.8, 4) is 11.1 Å². The van der Waals surface area contributed by atoms with Gasteiger partial charge in [0.1, 0.15) is 0 Å². The Morgan fingerprint density at radius 2 is 0.780 bits per heavy atom. The summed E-state index contributed by atoms with van der Waals surface area (Å²) in [5.74, 6) is -3.22. The topological polar surface area (TPSA) is 149 Å². The zero-order chi connectivity index (χ0) is 37.9. The summed E-state index contributed by atoms with van der Waals surface area (Å²) in [6.45, 7) is 14.0. The van der Waals surface area contributed by atoms with Crippen molar-refractivity contribution in [2.24, 2.45) is 21.7 Å². The molecule has 0 amide bonds. The van der Waals surface area contributed by atoms with Crippen molar-refractivity contribution < 1.29 is 39.6 Å². The Hall–Kier alpha value is -3.68. The van der Waals surface area contributed by atoms with E-state index in [1.165, 1.54) is 0 Å². The number of carboxylic acid groups (broad SMARTS) is 4. The monoisotopic (exact) mass is 694 g/mol. The number of carboxylic acids is 4. The van der Waals surface area contributed by atoms with Crippen LogP contribution in [0.15, 0.2) is 36.4 Å². The molecule has 2 rings (SSSR count). The van der Waals surface area contributed by atoms with E-state index in [1.807, 2.05) is 6.07 Å². The summed E-state index contributed by atoms with van der Waals surface area (Å²) in [6, 6.07) is 12.9. The second-order valence-electron chi connectivity index (χ2n) is 16.9. The van der Waals surface area contributed by atoms with E-state index in [-0.39, 0.29) is 0 Å². The maximum absolute atomic E-state index is 11.8. The lowest BCUT2D eigenvalue weighted by Crippen LogP contribution is -2.23. The molecule has 0 bridgehead atoms. The molecule has 50 heavy (non-hydrogen) atoms. The molecule has 8 heteroatoms. The second kappa shape index (κ2) is 18.0. The molecule has 0 aliphatic carbocycles. The third-order valence-electron chi connectivity index (χ3n) is 10.4. The van der Waals surface area contributed by atoms with Crippen LogP contribution >= 0.6 is 0 Å². The maximum atomic E-state index is 11.8. The molecule has 0 heterocycles. The van der Waals surface area contributed by atoms with E-state index in [0.29, 0.717) is 51.4 Å². The molecular formula is C42H62O8. The van der Waals surface area contributed by atoms with Gasteiger partial charge in [-0.15, -0.1) is 0 Å². The summed E-state index contributed by atoms with van der Waals surface area (Å²) in [7, 11) is 0. The number of hydrogen-bond donors (Lipinski definition) is 4. The molecule has 4 N–H and O–H groups in total. The lowest BCUT2D eigenvalue weighted by molar-refractivity contribution is -0.148. The van der Waals surface area contributed by atoms with Crippen molar-refractivity contribution in [1.82, 2.24) is 0 Å². The molecule has 0 unspecified atom stereocenters. The van der Waals surface area contributed by atoms with Gasteiger partial charge in [-0.25, -0.2) is 0 Å². The minimum Gasteiger partial charge on any atom is -0.481 e. The molecule has 278 valence electrons. The Kier molecular flexibility index (Phi) is 15.3. The highest BCUT2D eigenvalue weighted by Crippen LogP contribution is 2.35. The molecule has 0 spiro atoms. The fraction of sp³-hybridized carbons (Fsp3) is 0.619. The van der Waals surface area contributed by atoms with Crippen LogP contribution in [0.4, 0.5) is 0 Å². The smallest absolute Gasteiger partial charge is 0.309 e. The van der Waals surface area contributed by atoms with Crippen LogP contribution in [0.3, 0.4) is 0 Å². The van der Waals surface area contributed by atoms with Gasteiger partial charge in [-0.2, -0.15) is 0 Å². The van der Waals surface area contributed by atoms with Gasteiger partial charge in [-0.3, -0.25) is 19.2 Å². The summed E-state index contributed by atoms with van der Waals surface area (Å²) in [5, 5.41) is 38.5. The molecule has 0 atom stereocenters. The zero-order valence-corrected chi connectivity index (χ0v) is 31.8. The van der Waals surface area contributed by atoms with E-state index in [2.05, 4.69) is 30.3 Å². The van der Waals surface area contributed by atoms with Crippen LogP contribution in [-0.4, -0.2) is 44.3 Å². The van der Waals surface area contributed by atoms with Crippen LogP contribution in [-0.2, 0) is 44.9 Å². The molecule has 0 aromatic heterocycles.